The number of carboxylic acids is 1. The number of carbonyl (C=O) groups excluding carboxylic acids is 1. The van der Waals surface area contributed by atoms with Gasteiger partial charge in [-0.25, -0.2) is 4.79 Å². The summed E-state index contributed by atoms with van der Waals surface area (Å²) in [6, 6.07) is 8.37. The number of carbonyl (C=O) groups is 2. The van der Waals surface area contributed by atoms with Crippen LogP contribution in [0.2, 0.25) is 0 Å². The standard InChI is InChI=1S/C15H15NO4/c1-10-12(7-9-20-10)14(17)16-8-6-11-4-2-3-5-13(11)15(18)19/h2-5,7,9H,6,8H2,1H3,(H,16,17)(H,18,19). The molecule has 0 bridgehead atoms. The van der Waals surface area contributed by atoms with E-state index in [4.69, 9.17) is 9.52 Å². The number of hydrogen-bond donors (Lipinski definition) is 2. The van der Waals surface area contributed by atoms with E-state index in [9.17, 15) is 9.59 Å². The molecule has 0 atom stereocenters. The number of hydrogen-bond acceptors (Lipinski definition) is 3. The Bertz CT molecular complexity index is 630. The van der Waals surface area contributed by atoms with E-state index >= 15 is 0 Å². The number of rotatable bonds is 5. The van der Waals surface area contributed by atoms with Gasteiger partial charge in [-0.05, 0) is 31.0 Å². The van der Waals surface area contributed by atoms with Gasteiger partial charge in [-0.2, -0.15) is 0 Å². The summed E-state index contributed by atoms with van der Waals surface area (Å²) >= 11 is 0. The van der Waals surface area contributed by atoms with Gasteiger partial charge in [-0.1, -0.05) is 18.2 Å². The average molecular weight is 273 g/mol. The van der Waals surface area contributed by atoms with Gasteiger partial charge in [0.2, 0.25) is 0 Å². The molecule has 1 heterocycles. The SMILES string of the molecule is Cc1occc1C(=O)NCCc1ccccc1C(=O)O. The number of benzene rings is 1. The molecule has 5 nitrogen and oxygen atoms in total. The van der Waals surface area contributed by atoms with Crippen molar-refractivity contribution >= 4 is 11.9 Å². The molecular formula is C15H15NO4. The second kappa shape index (κ2) is 6.06. The van der Waals surface area contributed by atoms with Crippen molar-refractivity contribution in [3.63, 3.8) is 0 Å². The summed E-state index contributed by atoms with van der Waals surface area (Å²) in [5, 5.41) is 11.8. The van der Waals surface area contributed by atoms with Gasteiger partial charge in [0.25, 0.3) is 5.91 Å². The second-order valence-corrected chi connectivity index (χ2v) is 4.36. The summed E-state index contributed by atoms with van der Waals surface area (Å²) in [4.78, 5) is 22.9. The van der Waals surface area contributed by atoms with Crippen LogP contribution in [0, 0.1) is 6.92 Å². The van der Waals surface area contributed by atoms with Gasteiger partial charge >= 0.3 is 5.97 Å². The maximum absolute atomic E-state index is 11.8. The molecule has 0 aliphatic heterocycles. The molecule has 0 radical (unpaired) electrons. The Morgan fingerprint density at radius 3 is 2.60 bits per heavy atom. The Morgan fingerprint density at radius 1 is 1.20 bits per heavy atom. The predicted molar refractivity (Wildman–Crippen MR) is 72.9 cm³/mol. The molecular weight excluding hydrogens is 258 g/mol. The highest BCUT2D eigenvalue weighted by atomic mass is 16.4. The Labute approximate surface area is 116 Å². The summed E-state index contributed by atoms with van der Waals surface area (Å²) in [6.45, 7) is 2.09. The van der Waals surface area contributed by atoms with Crippen LogP contribution >= 0.6 is 0 Å². The number of aryl methyl sites for hydroxylation is 1. The summed E-state index contributed by atoms with van der Waals surface area (Å²) in [6.07, 6.45) is 1.93. The van der Waals surface area contributed by atoms with Gasteiger partial charge in [0.15, 0.2) is 0 Å². The number of aromatic carboxylic acids is 1. The molecule has 1 amide bonds. The first-order valence-corrected chi connectivity index (χ1v) is 6.23. The van der Waals surface area contributed by atoms with Gasteiger partial charge in [0, 0.05) is 6.54 Å². The van der Waals surface area contributed by atoms with Crippen LogP contribution in [-0.4, -0.2) is 23.5 Å². The van der Waals surface area contributed by atoms with Crippen LogP contribution in [0.1, 0.15) is 32.0 Å². The van der Waals surface area contributed by atoms with E-state index in [0.29, 0.717) is 29.9 Å². The van der Waals surface area contributed by atoms with Crippen LogP contribution in [0.15, 0.2) is 41.0 Å². The zero-order valence-electron chi connectivity index (χ0n) is 11.1. The molecule has 20 heavy (non-hydrogen) atoms. The largest absolute Gasteiger partial charge is 0.478 e. The van der Waals surface area contributed by atoms with E-state index in [2.05, 4.69) is 5.32 Å². The molecule has 0 fully saturated rings. The summed E-state index contributed by atoms with van der Waals surface area (Å²) in [5.74, 6) is -0.616. The highest BCUT2D eigenvalue weighted by Crippen LogP contribution is 2.10. The highest BCUT2D eigenvalue weighted by molar-refractivity contribution is 5.95. The fraction of sp³-hybridized carbons (Fsp3) is 0.200. The number of nitrogens with one attached hydrogen (secondary N) is 1. The normalized spacial score (nSPS) is 10.2. The fourth-order valence-corrected chi connectivity index (χ4v) is 1.97. The molecule has 2 rings (SSSR count). The van der Waals surface area contributed by atoms with Gasteiger partial charge < -0.3 is 14.8 Å². The topological polar surface area (TPSA) is 79.5 Å². The van der Waals surface area contributed by atoms with Crippen LogP contribution in [0.25, 0.3) is 0 Å². The minimum absolute atomic E-state index is 0.218. The van der Waals surface area contributed by atoms with Crippen LogP contribution in [0.3, 0.4) is 0 Å². The summed E-state index contributed by atoms with van der Waals surface area (Å²) < 4.78 is 5.06. The molecule has 1 aromatic heterocycles. The molecule has 2 aromatic rings. The minimum atomic E-state index is -0.961. The second-order valence-electron chi connectivity index (χ2n) is 4.36. The number of carboxylic acid groups (broad SMARTS) is 1. The maximum atomic E-state index is 11.8. The van der Waals surface area contributed by atoms with E-state index in [1.165, 1.54) is 6.26 Å². The lowest BCUT2D eigenvalue weighted by Crippen LogP contribution is -2.26. The lowest BCUT2D eigenvalue weighted by Gasteiger charge is -2.07. The minimum Gasteiger partial charge on any atom is -0.478 e. The van der Waals surface area contributed by atoms with Crippen molar-refractivity contribution in [1.29, 1.82) is 0 Å². The lowest BCUT2D eigenvalue weighted by atomic mass is 10.0. The molecule has 0 saturated heterocycles. The van der Waals surface area contributed by atoms with E-state index in [0.717, 1.165) is 0 Å². The maximum Gasteiger partial charge on any atom is 0.335 e. The van der Waals surface area contributed by atoms with Crippen molar-refractivity contribution < 1.29 is 19.1 Å². The predicted octanol–water partition coefficient (Wildman–Crippen LogP) is 2.26. The van der Waals surface area contributed by atoms with Gasteiger partial charge in [0.1, 0.15) is 5.76 Å². The van der Waals surface area contributed by atoms with Crippen molar-refractivity contribution in [2.24, 2.45) is 0 Å². The van der Waals surface area contributed by atoms with Crippen LogP contribution in [0.5, 0.6) is 0 Å². The molecule has 0 aliphatic rings. The molecule has 0 unspecified atom stereocenters. The third kappa shape index (κ3) is 3.06. The van der Waals surface area contributed by atoms with Gasteiger partial charge in [-0.15, -0.1) is 0 Å². The van der Waals surface area contributed by atoms with Crippen molar-refractivity contribution in [3.05, 3.63) is 59.0 Å². The van der Waals surface area contributed by atoms with E-state index in [1.807, 2.05) is 0 Å². The smallest absolute Gasteiger partial charge is 0.335 e. The highest BCUT2D eigenvalue weighted by Gasteiger charge is 2.12. The number of furan rings is 1. The van der Waals surface area contributed by atoms with Gasteiger partial charge in [-0.3, -0.25) is 4.79 Å². The quantitative estimate of drug-likeness (QED) is 0.875. The van der Waals surface area contributed by atoms with Crippen molar-refractivity contribution in [3.8, 4) is 0 Å². The van der Waals surface area contributed by atoms with Crippen LogP contribution in [0.4, 0.5) is 0 Å². The molecule has 5 heteroatoms. The first-order valence-electron chi connectivity index (χ1n) is 6.23. The third-order valence-corrected chi connectivity index (χ3v) is 3.03. The monoisotopic (exact) mass is 273 g/mol. The van der Waals surface area contributed by atoms with Crippen molar-refractivity contribution in [2.45, 2.75) is 13.3 Å². The molecule has 0 spiro atoms. The third-order valence-electron chi connectivity index (χ3n) is 3.03. The lowest BCUT2D eigenvalue weighted by molar-refractivity contribution is 0.0695. The molecule has 0 saturated carbocycles. The molecule has 2 N–H and O–H groups in total. The zero-order chi connectivity index (χ0) is 14.5. The Kier molecular flexibility index (Phi) is 4.20. The first-order chi connectivity index (χ1) is 9.59. The first kappa shape index (κ1) is 13.9. The Balaban J connectivity index is 1.95. The Morgan fingerprint density at radius 2 is 1.95 bits per heavy atom. The van der Waals surface area contributed by atoms with Gasteiger partial charge in [0.05, 0.1) is 17.4 Å². The van der Waals surface area contributed by atoms with Crippen molar-refractivity contribution in [1.82, 2.24) is 5.32 Å². The molecule has 104 valence electrons. The zero-order valence-corrected chi connectivity index (χ0v) is 11.1. The summed E-state index contributed by atoms with van der Waals surface area (Å²) in [5.41, 5.74) is 1.46. The Hall–Kier alpha value is -2.56. The van der Waals surface area contributed by atoms with E-state index < -0.39 is 5.97 Å². The fourth-order valence-electron chi connectivity index (χ4n) is 1.97. The average Bonchev–Trinajstić information content (AvgIpc) is 2.85. The summed E-state index contributed by atoms with van der Waals surface area (Å²) in [7, 11) is 0. The van der Waals surface area contributed by atoms with Crippen molar-refractivity contribution in [2.75, 3.05) is 6.54 Å². The van der Waals surface area contributed by atoms with E-state index in [1.54, 1.807) is 37.3 Å². The number of amides is 1. The van der Waals surface area contributed by atoms with Crippen LogP contribution < -0.4 is 5.32 Å². The molecule has 1 aromatic carbocycles. The van der Waals surface area contributed by atoms with E-state index in [-0.39, 0.29) is 11.5 Å². The van der Waals surface area contributed by atoms with Crippen LogP contribution in [-0.2, 0) is 6.42 Å². The molecule has 0 aliphatic carbocycles.